The molecule has 8 heteroatoms. The fraction of sp³-hybridized carbons (Fsp3) is 0.410. The number of rotatable bonds is 12. The van der Waals surface area contributed by atoms with E-state index in [1.54, 1.807) is 0 Å². The summed E-state index contributed by atoms with van der Waals surface area (Å²) in [6, 6.07) is 28.6. The lowest BCUT2D eigenvalue weighted by Gasteiger charge is -2.37. The van der Waals surface area contributed by atoms with Crippen molar-refractivity contribution in [3.8, 4) is 0 Å². The summed E-state index contributed by atoms with van der Waals surface area (Å²) in [6.07, 6.45) is 14.5. The van der Waals surface area contributed by atoms with Gasteiger partial charge in [0.05, 0.1) is 6.42 Å². The molecule has 1 atom stereocenters. The molecule has 0 radical (unpaired) electrons. The molecule has 0 heterocycles. The summed E-state index contributed by atoms with van der Waals surface area (Å²) in [4.78, 5) is 36.9. The van der Waals surface area contributed by atoms with Crippen molar-refractivity contribution in [2.45, 2.75) is 94.3 Å². The summed E-state index contributed by atoms with van der Waals surface area (Å²) in [5.74, 6) is -1.91. The lowest BCUT2D eigenvalue weighted by molar-refractivity contribution is -0.141. The Balaban J connectivity index is 0.000000318. The predicted octanol–water partition coefficient (Wildman–Crippen LogP) is 7.09. The number of alkyl carbamates (subject to hydrolysis) is 1. The second kappa shape index (κ2) is 18.6. The van der Waals surface area contributed by atoms with Crippen molar-refractivity contribution in [1.82, 2.24) is 16.0 Å². The van der Waals surface area contributed by atoms with Crippen LogP contribution in [0.15, 0.2) is 104 Å². The first-order valence-electron chi connectivity index (χ1n) is 16.9. The van der Waals surface area contributed by atoms with Crippen LogP contribution in [0.25, 0.3) is 0 Å². The van der Waals surface area contributed by atoms with E-state index in [2.05, 4.69) is 22.5 Å². The number of aliphatic carboxylic acids is 1. The number of nitrogens with one attached hydrogen (secondary N) is 3. The smallest absolute Gasteiger partial charge is 0.408 e. The van der Waals surface area contributed by atoms with Crippen LogP contribution in [-0.2, 0) is 19.9 Å². The molecule has 2 fully saturated rings. The lowest BCUT2D eigenvalue weighted by Crippen LogP contribution is -2.51. The van der Waals surface area contributed by atoms with Gasteiger partial charge in [-0.2, -0.15) is 0 Å². The molecule has 2 aliphatic rings. The van der Waals surface area contributed by atoms with E-state index in [9.17, 15) is 19.5 Å². The molecule has 8 nitrogen and oxygen atoms in total. The van der Waals surface area contributed by atoms with E-state index in [4.69, 9.17) is 4.74 Å². The van der Waals surface area contributed by atoms with E-state index in [1.165, 1.54) is 70.3 Å². The molecule has 0 bridgehead atoms. The highest BCUT2D eigenvalue weighted by Gasteiger charge is 2.38. The van der Waals surface area contributed by atoms with Crippen molar-refractivity contribution in [3.63, 3.8) is 0 Å². The zero-order valence-corrected chi connectivity index (χ0v) is 27.2. The van der Waals surface area contributed by atoms with Crippen LogP contribution < -0.4 is 16.0 Å². The maximum absolute atomic E-state index is 13.3. The molecule has 2 aliphatic carbocycles. The molecule has 4 N–H and O–H groups in total. The van der Waals surface area contributed by atoms with Gasteiger partial charge in [-0.05, 0) is 42.4 Å². The molecule has 0 aliphatic heterocycles. The Bertz CT molecular complexity index is 1280. The maximum Gasteiger partial charge on any atom is 0.408 e. The summed E-state index contributed by atoms with van der Waals surface area (Å²) < 4.78 is 4.80. The van der Waals surface area contributed by atoms with Crippen LogP contribution >= 0.6 is 0 Å². The van der Waals surface area contributed by atoms with Gasteiger partial charge in [-0.1, -0.05) is 142 Å². The van der Waals surface area contributed by atoms with Crippen LogP contribution in [0, 0.1) is 0 Å². The first kappa shape index (κ1) is 35.4. The zero-order chi connectivity index (χ0) is 33.3. The summed E-state index contributed by atoms with van der Waals surface area (Å²) in [6.45, 7) is 3.36. The molecule has 3 aromatic rings. The SMILES string of the molecule is C1CCC(NC2CCCCC2)CC1.C=CCOC(=O)N[C@@H](CC(=O)NC(c1ccccc1)(c1ccccc1)c1ccccc1)C(=O)O. The van der Waals surface area contributed by atoms with Gasteiger partial charge in [-0.3, -0.25) is 4.79 Å². The van der Waals surface area contributed by atoms with Crippen molar-refractivity contribution in [2.75, 3.05) is 6.61 Å². The molecule has 47 heavy (non-hydrogen) atoms. The first-order chi connectivity index (χ1) is 22.9. The van der Waals surface area contributed by atoms with E-state index in [-0.39, 0.29) is 6.61 Å². The molecule has 0 unspecified atom stereocenters. The zero-order valence-electron chi connectivity index (χ0n) is 27.2. The van der Waals surface area contributed by atoms with Gasteiger partial charge >= 0.3 is 12.1 Å². The van der Waals surface area contributed by atoms with E-state index in [0.29, 0.717) is 0 Å². The number of carboxylic acids is 1. The molecule has 0 aromatic heterocycles. The first-order valence-corrected chi connectivity index (χ1v) is 16.9. The second-order valence-corrected chi connectivity index (χ2v) is 12.4. The van der Waals surface area contributed by atoms with Crippen molar-refractivity contribution in [1.29, 1.82) is 0 Å². The van der Waals surface area contributed by atoms with E-state index in [1.807, 2.05) is 91.0 Å². The fourth-order valence-corrected chi connectivity index (χ4v) is 6.62. The Morgan fingerprint density at radius 3 is 1.55 bits per heavy atom. The summed E-state index contributed by atoms with van der Waals surface area (Å²) >= 11 is 0. The van der Waals surface area contributed by atoms with Gasteiger partial charge in [-0.15, -0.1) is 0 Å². The Labute approximate surface area is 279 Å². The minimum atomic E-state index is -1.47. The number of carbonyl (C=O) groups is 3. The van der Waals surface area contributed by atoms with Gasteiger partial charge < -0.3 is 25.8 Å². The third-order valence-corrected chi connectivity index (χ3v) is 8.94. The average Bonchev–Trinajstić information content (AvgIpc) is 3.11. The van der Waals surface area contributed by atoms with Crippen LogP contribution in [0.5, 0.6) is 0 Å². The second-order valence-electron chi connectivity index (χ2n) is 12.4. The van der Waals surface area contributed by atoms with Crippen molar-refractivity contribution in [3.05, 3.63) is 120 Å². The van der Waals surface area contributed by atoms with E-state index < -0.39 is 36.0 Å². The van der Waals surface area contributed by atoms with Crippen LogP contribution in [-0.4, -0.2) is 47.8 Å². The van der Waals surface area contributed by atoms with Crippen LogP contribution in [0.2, 0.25) is 0 Å². The number of benzene rings is 3. The predicted molar refractivity (Wildman–Crippen MR) is 185 cm³/mol. The molecule has 0 saturated heterocycles. The van der Waals surface area contributed by atoms with E-state index >= 15 is 0 Å². The van der Waals surface area contributed by atoms with Crippen molar-refractivity contribution < 1.29 is 24.2 Å². The number of carbonyl (C=O) groups excluding carboxylic acids is 2. The Kier molecular flexibility index (Phi) is 14.1. The molecule has 2 saturated carbocycles. The van der Waals surface area contributed by atoms with Gasteiger partial charge in [0.1, 0.15) is 18.2 Å². The Hall–Kier alpha value is -4.43. The number of ether oxygens (including phenoxy) is 1. The summed E-state index contributed by atoms with van der Waals surface area (Å²) in [5.41, 5.74) is 1.30. The largest absolute Gasteiger partial charge is 0.480 e. The van der Waals surface area contributed by atoms with Gasteiger partial charge in [0, 0.05) is 12.1 Å². The van der Waals surface area contributed by atoms with Gasteiger partial charge in [0.25, 0.3) is 0 Å². The standard InChI is InChI=1S/C27H26N2O5.C12H23N/c1-2-18-34-26(33)28-23(25(31)32)19-24(30)29-27(20-12-6-3-7-13-20,21-14-8-4-9-15-21)22-16-10-5-11-17-22;1-3-7-11(8-4-1)13-12-9-5-2-6-10-12/h2-17,23H,1,18-19H2,(H,28,33)(H,29,30)(H,31,32);11-13H,1-10H2/t23-;/m0./s1. The van der Waals surface area contributed by atoms with Crippen LogP contribution in [0.3, 0.4) is 0 Å². The highest BCUT2D eigenvalue weighted by Crippen LogP contribution is 2.37. The minimum Gasteiger partial charge on any atom is -0.480 e. The normalized spacial score (nSPS) is 16.1. The number of hydrogen-bond acceptors (Lipinski definition) is 5. The number of amides is 2. The fourth-order valence-electron chi connectivity index (χ4n) is 6.62. The van der Waals surface area contributed by atoms with Crippen molar-refractivity contribution in [2.24, 2.45) is 0 Å². The van der Waals surface area contributed by atoms with Crippen LogP contribution in [0.4, 0.5) is 4.79 Å². The lowest BCUT2D eigenvalue weighted by atomic mass is 9.77. The van der Waals surface area contributed by atoms with Gasteiger partial charge in [-0.25, -0.2) is 9.59 Å². The third-order valence-electron chi connectivity index (χ3n) is 8.94. The maximum atomic E-state index is 13.3. The topological polar surface area (TPSA) is 117 Å². The molecule has 250 valence electrons. The minimum absolute atomic E-state index is 0.0799. The monoisotopic (exact) mass is 639 g/mol. The van der Waals surface area contributed by atoms with E-state index in [0.717, 1.165) is 28.8 Å². The quantitative estimate of drug-likeness (QED) is 0.124. The highest BCUT2D eigenvalue weighted by molar-refractivity contribution is 5.88. The Morgan fingerprint density at radius 2 is 1.17 bits per heavy atom. The van der Waals surface area contributed by atoms with Gasteiger partial charge in [0.2, 0.25) is 5.91 Å². The van der Waals surface area contributed by atoms with Crippen LogP contribution in [0.1, 0.15) is 87.3 Å². The summed E-state index contributed by atoms with van der Waals surface area (Å²) in [7, 11) is 0. The molecule has 3 aromatic carbocycles. The highest BCUT2D eigenvalue weighted by atomic mass is 16.5. The molecular formula is C39H49N3O5. The molecule has 0 spiro atoms. The molecule has 5 rings (SSSR count). The Morgan fingerprint density at radius 1 is 0.745 bits per heavy atom. The average molecular weight is 640 g/mol. The molecule has 2 amide bonds. The number of carboxylic acid groups (broad SMARTS) is 1. The van der Waals surface area contributed by atoms with Gasteiger partial charge in [0.15, 0.2) is 0 Å². The molecular weight excluding hydrogens is 590 g/mol. The summed E-state index contributed by atoms with van der Waals surface area (Å²) in [5, 5.41) is 18.7. The van der Waals surface area contributed by atoms with Crippen molar-refractivity contribution >= 4 is 18.0 Å². The number of hydrogen-bond donors (Lipinski definition) is 4. The third kappa shape index (κ3) is 10.5.